The normalized spacial score (nSPS) is 16.6. The van der Waals surface area contributed by atoms with Crippen LogP contribution in [0.1, 0.15) is 18.4 Å². The molecule has 0 spiro atoms. The lowest BCUT2D eigenvalue weighted by Gasteiger charge is -2.34. The molecule has 0 unspecified atom stereocenters. The van der Waals surface area contributed by atoms with Crippen molar-refractivity contribution >= 4 is 34.5 Å². The van der Waals surface area contributed by atoms with Crippen LogP contribution in [0.5, 0.6) is 0 Å². The second-order valence-electron chi connectivity index (χ2n) is 4.92. The van der Waals surface area contributed by atoms with E-state index in [2.05, 4.69) is 4.90 Å². The van der Waals surface area contributed by atoms with Gasteiger partial charge in [0, 0.05) is 32.4 Å². The molecule has 0 bridgehead atoms. The summed E-state index contributed by atoms with van der Waals surface area (Å²) in [7, 11) is 1.76. The minimum absolute atomic E-state index is 0.382. The zero-order chi connectivity index (χ0) is 13.8. The van der Waals surface area contributed by atoms with Crippen LogP contribution >= 0.6 is 23.8 Å². The summed E-state index contributed by atoms with van der Waals surface area (Å²) in [4.78, 5) is 2.70. The Morgan fingerprint density at radius 2 is 2.16 bits per heavy atom. The van der Waals surface area contributed by atoms with Crippen LogP contribution in [0.2, 0.25) is 5.02 Å². The molecule has 0 saturated carbocycles. The highest BCUT2D eigenvalue weighted by atomic mass is 35.5. The predicted molar refractivity (Wildman–Crippen MR) is 84.2 cm³/mol. The summed E-state index contributed by atoms with van der Waals surface area (Å²) in [5.74, 6) is 0.663. The van der Waals surface area contributed by atoms with Crippen molar-refractivity contribution < 1.29 is 4.74 Å². The lowest BCUT2D eigenvalue weighted by Crippen LogP contribution is -2.35. The van der Waals surface area contributed by atoms with Crippen molar-refractivity contribution in [3.8, 4) is 0 Å². The summed E-state index contributed by atoms with van der Waals surface area (Å²) in [5, 5.41) is 0.718. The maximum Gasteiger partial charge on any atom is 0.104 e. The number of hydrogen-bond donors (Lipinski definition) is 1. The largest absolute Gasteiger partial charge is 0.389 e. The van der Waals surface area contributed by atoms with Crippen molar-refractivity contribution in [2.45, 2.75) is 12.8 Å². The second-order valence-corrected chi connectivity index (χ2v) is 5.76. The van der Waals surface area contributed by atoms with Gasteiger partial charge in [-0.25, -0.2) is 0 Å². The first kappa shape index (κ1) is 14.6. The van der Waals surface area contributed by atoms with E-state index in [0.717, 1.165) is 48.8 Å². The van der Waals surface area contributed by atoms with Gasteiger partial charge in [0.1, 0.15) is 4.99 Å². The van der Waals surface area contributed by atoms with E-state index >= 15 is 0 Å². The molecule has 0 amide bonds. The van der Waals surface area contributed by atoms with Gasteiger partial charge in [-0.3, -0.25) is 0 Å². The van der Waals surface area contributed by atoms with Crippen molar-refractivity contribution in [3.05, 3.63) is 28.8 Å². The first-order valence-electron chi connectivity index (χ1n) is 6.45. The molecule has 5 heteroatoms. The van der Waals surface area contributed by atoms with Crippen LogP contribution < -0.4 is 10.6 Å². The number of piperidine rings is 1. The Morgan fingerprint density at radius 1 is 1.47 bits per heavy atom. The third-order valence-corrected chi connectivity index (χ3v) is 4.13. The van der Waals surface area contributed by atoms with E-state index in [-0.39, 0.29) is 0 Å². The van der Waals surface area contributed by atoms with Crippen LogP contribution in [-0.2, 0) is 4.74 Å². The average molecular weight is 299 g/mol. The molecule has 0 aliphatic carbocycles. The molecule has 19 heavy (non-hydrogen) atoms. The number of thiocarbonyl (C=S) groups is 1. The standard InChI is InChI=1S/C14H19ClN2OS/c1-18-9-10-4-6-17(7-5-10)13-3-2-11(14(16)19)8-12(13)15/h2-3,8,10H,4-7,9H2,1H3,(H2,16,19). The van der Waals surface area contributed by atoms with Gasteiger partial charge >= 0.3 is 0 Å². The Kier molecular flexibility index (Phi) is 5.02. The van der Waals surface area contributed by atoms with Gasteiger partial charge in [-0.05, 0) is 37.0 Å². The Labute approximate surface area is 124 Å². The topological polar surface area (TPSA) is 38.5 Å². The van der Waals surface area contributed by atoms with E-state index in [1.54, 1.807) is 7.11 Å². The van der Waals surface area contributed by atoms with Gasteiger partial charge in [-0.2, -0.15) is 0 Å². The molecule has 1 aliphatic rings. The quantitative estimate of drug-likeness (QED) is 0.868. The molecule has 104 valence electrons. The SMILES string of the molecule is COCC1CCN(c2ccc(C(N)=S)cc2Cl)CC1. The van der Waals surface area contributed by atoms with Crippen LogP contribution in [0, 0.1) is 5.92 Å². The zero-order valence-corrected chi connectivity index (χ0v) is 12.6. The summed E-state index contributed by atoms with van der Waals surface area (Å²) in [6.07, 6.45) is 2.28. The number of methoxy groups -OCH3 is 1. The van der Waals surface area contributed by atoms with Gasteiger partial charge in [0.15, 0.2) is 0 Å². The van der Waals surface area contributed by atoms with Gasteiger partial charge in [0.25, 0.3) is 0 Å². The molecule has 2 N–H and O–H groups in total. The fourth-order valence-corrected chi connectivity index (χ4v) is 2.92. The highest BCUT2D eigenvalue weighted by Gasteiger charge is 2.20. The zero-order valence-electron chi connectivity index (χ0n) is 11.1. The Morgan fingerprint density at radius 3 is 2.68 bits per heavy atom. The fraction of sp³-hybridized carbons (Fsp3) is 0.500. The summed E-state index contributed by atoms with van der Waals surface area (Å²) in [6.45, 7) is 2.88. The summed E-state index contributed by atoms with van der Waals surface area (Å²) >= 11 is 11.3. The minimum Gasteiger partial charge on any atom is -0.389 e. The van der Waals surface area contributed by atoms with Crippen LogP contribution in [-0.4, -0.2) is 31.8 Å². The van der Waals surface area contributed by atoms with Gasteiger partial charge in [-0.15, -0.1) is 0 Å². The van der Waals surface area contributed by atoms with E-state index in [1.807, 2.05) is 18.2 Å². The average Bonchev–Trinajstić information content (AvgIpc) is 2.40. The Balaban J connectivity index is 2.05. The molecule has 0 radical (unpaired) electrons. The number of anilines is 1. The van der Waals surface area contributed by atoms with Crippen LogP contribution in [0.4, 0.5) is 5.69 Å². The molecule has 2 rings (SSSR count). The maximum atomic E-state index is 6.32. The summed E-state index contributed by atoms with van der Waals surface area (Å²) in [6, 6.07) is 5.79. The van der Waals surface area contributed by atoms with E-state index in [1.165, 1.54) is 0 Å². The van der Waals surface area contributed by atoms with Crippen molar-refractivity contribution in [2.75, 3.05) is 31.7 Å². The van der Waals surface area contributed by atoms with E-state index in [4.69, 9.17) is 34.3 Å². The number of rotatable bonds is 4. The lowest BCUT2D eigenvalue weighted by molar-refractivity contribution is 0.139. The van der Waals surface area contributed by atoms with Gasteiger partial charge < -0.3 is 15.4 Å². The number of nitrogens with two attached hydrogens (primary N) is 1. The highest BCUT2D eigenvalue weighted by molar-refractivity contribution is 7.80. The third-order valence-electron chi connectivity index (χ3n) is 3.59. The molecule has 1 aliphatic heterocycles. The second kappa shape index (κ2) is 6.55. The maximum absolute atomic E-state index is 6.32. The van der Waals surface area contributed by atoms with Gasteiger partial charge in [-0.1, -0.05) is 23.8 Å². The molecule has 1 aromatic rings. The van der Waals surface area contributed by atoms with Gasteiger partial charge in [0.05, 0.1) is 10.7 Å². The predicted octanol–water partition coefficient (Wildman–Crippen LogP) is 2.84. The fourth-order valence-electron chi connectivity index (χ4n) is 2.49. The molecule has 1 fully saturated rings. The Hall–Kier alpha value is -0.840. The van der Waals surface area contributed by atoms with Crippen molar-refractivity contribution in [1.82, 2.24) is 0 Å². The van der Waals surface area contributed by atoms with Crippen molar-refractivity contribution in [2.24, 2.45) is 11.7 Å². The Bertz CT molecular complexity index is 459. The molecule has 1 saturated heterocycles. The van der Waals surface area contributed by atoms with E-state index in [9.17, 15) is 0 Å². The molecular weight excluding hydrogens is 280 g/mol. The van der Waals surface area contributed by atoms with E-state index in [0.29, 0.717) is 10.9 Å². The summed E-state index contributed by atoms with van der Waals surface area (Å²) < 4.78 is 5.22. The molecular formula is C14H19ClN2OS. The highest BCUT2D eigenvalue weighted by Crippen LogP contribution is 2.30. The molecule has 0 aromatic heterocycles. The smallest absolute Gasteiger partial charge is 0.104 e. The summed E-state index contributed by atoms with van der Waals surface area (Å²) in [5.41, 5.74) is 7.49. The molecule has 1 aromatic carbocycles. The van der Waals surface area contributed by atoms with Crippen LogP contribution in [0.15, 0.2) is 18.2 Å². The molecule has 0 atom stereocenters. The molecule has 3 nitrogen and oxygen atoms in total. The van der Waals surface area contributed by atoms with Crippen LogP contribution in [0.25, 0.3) is 0 Å². The van der Waals surface area contributed by atoms with E-state index < -0.39 is 0 Å². The first-order valence-corrected chi connectivity index (χ1v) is 7.23. The monoisotopic (exact) mass is 298 g/mol. The number of hydrogen-bond acceptors (Lipinski definition) is 3. The van der Waals surface area contributed by atoms with Crippen molar-refractivity contribution in [1.29, 1.82) is 0 Å². The number of benzene rings is 1. The van der Waals surface area contributed by atoms with Crippen LogP contribution in [0.3, 0.4) is 0 Å². The number of nitrogens with zero attached hydrogens (tertiary/aromatic N) is 1. The third kappa shape index (κ3) is 3.59. The first-order chi connectivity index (χ1) is 9.11. The molecule has 1 heterocycles. The van der Waals surface area contributed by atoms with Gasteiger partial charge in [0.2, 0.25) is 0 Å². The number of ether oxygens (including phenoxy) is 1. The minimum atomic E-state index is 0.382. The number of halogens is 1. The lowest BCUT2D eigenvalue weighted by atomic mass is 9.97. The van der Waals surface area contributed by atoms with Crippen molar-refractivity contribution in [3.63, 3.8) is 0 Å².